The molecule has 7 nitrogen and oxygen atoms in total. The molecule has 0 amide bonds. The smallest absolute Gasteiger partial charge is 0.144 e. The number of nitrogens with zero attached hydrogens (tertiary/aromatic N) is 6. The van der Waals surface area contributed by atoms with Crippen LogP contribution in [0, 0.1) is 23.1 Å². The van der Waals surface area contributed by atoms with E-state index in [1.54, 1.807) is 6.07 Å². The summed E-state index contributed by atoms with van der Waals surface area (Å²) in [6.45, 7) is 8.01. The monoisotopic (exact) mass is 524 g/mol. The topological polar surface area (TPSA) is 70.2 Å². The quantitative estimate of drug-likeness (QED) is 0.340. The number of rotatable bonds is 4. The van der Waals surface area contributed by atoms with Crippen LogP contribution in [-0.2, 0) is 6.54 Å². The normalized spacial score (nSPS) is 17.6. The Morgan fingerprint density at radius 3 is 2.59 bits per heavy atom. The van der Waals surface area contributed by atoms with Crippen molar-refractivity contribution >= 4 is 16.7 Å². The predicted molar refractivity (Wildman–Crippen MR) is 151 cm³/mol. The lowest BCUT2D eigenvalue weighted by Gasteiger charge is -2.39. The maximum Gasteiger partial charge on any atom is 0.144 e. The van der Waals surface area contributed by atoms with Gasteiger partial charge in [0, 0.05) is 24.7 Å². The van der Waals surface area contributed by atoms with Crippen molar-refractivity contribution in [3.63, 3.8) is 0 Å². The number of benzene rings is 2. The van der Waals surface area contributed by atoms with Crippen LogP contribution in [0.3, 0.4) is 0 Å². The lowest BCUT2D eigenvalue weighted by molar-refractivity contribution is 0.107. The van der Waals surface area contributed by atoms with E-state index in [1.165, 1.54) is 12.1 Å². The summed E-state index contributed by atoms with van der Waals surface area (Å²) in [7, 11) is 4.23. The molecule has 0 radical (unpaired) electrons. The second-order valence-corrected chi connectivity index (χ2v) is 11.6. The summed E-state index contributed by atoms with van der Waals surface area (Å²) < 4.78 is 23.4. The van der Waals surface area contributed by atoms with Gasteiger partial charge in [-0.25, -0.2) is 9.37 Å². The fourth-order valence-corrected chi connectivity index (χ4v) is 5.99. The van der Waals surface area contributed by atoms with Gasteiger partial charge in [-0.3, -0.25) is 4.98 Å². The number of pyridine rings is 1. The van der Waals surface area contributed by atoms with E-state index in [2.05, 4.69) is 42.3 Å². The van der Waals surface area contributed by atoms with Crippen LogP contribution >= 0.6 is 0 Å². The summed E-state index contributed by atoms with van der Waals surface area (Å²) in [6.07, 6.45) is 6.06. The summed E-state index contributed by atoms with van der Waals surface area (Å²) in [5.74, 6) is 0.811. The zero-order valence-electron chi connectivity index (χ0n) is 22.9. The molecule has 2 aliphatic heterocycles. The van der Waals surface area contributed by atoms with Crippen LogP contribution < -0.4 is 9.64 Å². The Bertz CT molecular complexity index is 1590. The molecule has 4 heterocycles. The SMILES string of the molecule is CN1CCC(Cn2cnc3c(-c4ccc(C#N)c(F)c4)c(-c4ccc5c(c4)OC(C)(C)CN5C)ncc32)CC1. The van der Waals surface area contributed by atoms with E-state index in [4.69, 9.17) is 14.7 Å². The highest BCUT2D eigenvalue weighted by Crippen LogP contribution is 2.42. The summed E-state index contributed by atoms with van der Waals surface area (Å²) in [5, 5.41) is 9.30. The van der Waals surface area contributed by atoms with Gasteiger partial charge in [0.15, 0.2) is 0 Å². The van der Waals surface area contributed by atoms with Gasteiger partial charge in [0.25, 0.3) is 0 Å². The Morgan fingerprint density at radius 2 is 1.85 bits per heavy atom. The minimum Gasteiger partial charge on any atom is -0.484 e. The molecule has 2 aromatic carbocycles. The minimum absolute atomic E-state index is 0.0145. The number of halogens is 1. The summed E-state index contributed by atoms with van der Waals surface area (Å²) >= 11 is 0. The Morgan fingerprint density at radius 1 is 1.08 bits per heavy atom. The number of likely N-dealkylation sites (tertiary alicyclic amines) is 1. The van der Waals surface area contributed by atoms with E-state index in [-0.39, 0.29) is 11.2 Å². The van der Waals surface area contributed by atoms with Crippen molar-refractivity contribution in [2.75, 3.05) is 38.6 Å². The number of piperidine rings is 1. The molecule has 8 heteroatoms. The first-order chi connectivity index (χ1) is 18.7. The molecule has 6 rings (SSSR count). The standard InChI is InChI=1S/C31H33FN6O/c1-31(2)18-37(4)25-8-7-22(14-27(25)39-31)29-28(21-5-6-23(15-33)24(32)13-21)30-26(16-34-29)38(19-35-30)17-20-9-11-36(3)12-10-20/h5-8,13-14,16,19-20H,9-12,17-18H2,1-4H3. The molecule has 200 valence electrons. The van der Waals surface area contributed by atoms with Crippen LogP contribution in [0.1, 0.15) is 32.3 Å². The Labute approximate surface area is 228 Å². The van der Waals surface area contributed by atoms with E-state index >= 15 is 0 Å². The van der Waals surface area contributed by atoms with Crippen LogP contribution in [-0.4, -0.2) is 58.8 Å². The first-order valence-electron chi connectivity index (χ1n) is 13.5. The van der Waals surface area contributed by atoms with E-state index in [1.807, 2.05) is 36.8 Å². The molecular weight excluding hydrogens is 491 g/mol. The van der Waals surface area contributed by atoms with Crippen molar-refractivity contribution in [1.82, 2.24) is 19.4 Å². The molecular formula is C31H33FN6O. The third-order valence-corrected chi connectivity index (χ3v) is 7.99. The predicted octanol–water partition coefficient (Wildman–Crippen LogP) is 5.73. The van der Waals surface area contributed by atoms with Gasteiger partial charge in [0.1, 0.15) is 28.8 Å². The number of imidazole rings is 1. The maximum atomic E-state index is 14.9. The molecule has 0 atom stereocenters. The first kappa shape index (κ1) is 25.3. The fraction of sp³-hybridized carbons (Fsp3) is 0.387. The molecule has 0 bridgehead atoms. The van der Waals surface area contributed by atoms with Gasteiger partial charge in [-0.1, -0.05) is 12.1 Å². The van der Waals surface area contributed by atoms with Gasteiger partial charge >= 0.3 is 0 Å². The number of aromatic nitrogens is 3. The Kier molecular flexibility index (Phi) is 6.27. The first-order valence-corrected chi connectivity index (χ1v) is 13.5. The molecule has 0 spiro atoms. The maximum absolute atomic E-state index is 14.9. The van der Waals surface area contributed by atoms with Crippen LogP contribution in [0.25, 0.3) is 33.4 Å². The van der Waals surface area contributed by atoms with E-state index < -0.39 is 5.82 Å². The Hall–Kier alpha value is -3.96. The van der Waals surface area contributed by atoms with Crippen molar-refractivity contribution < 1.29 is 9.13 Å². The number of fused-ring (bicyclic) bond motifs is 2. The summed E-state index contributed by atoms with van der Waals surface area (Å²) in [5.41, 5.74) is 5.36. The van der Waals surface area contributed by atoms with Gasteiger partial charge < -0.3 is 19.1 Å². The molecule has 0 unspecified atom stereocenters. The van der Waals surface area contributed by atoms with Crippen LogP contribution in [0.15, 0.2) is 48.9 Å². The zero-order chi connectivity index (χ0) is 27.3. The lowest BCUT2D eigenvalue weighted by atomic mass is 9.95. The van der Waals surface area contributed by atoms with E-state index in [9.17, 15) is 9.65 Å². The number of hydrogen-bond acceptors (Lipinski definition) is 6. The highest BCUT2D eigenvalue weighted by atomic mass is 19.1. The molecule has 0 saturated carbocycles. The fourth-order valence-electron chi connectivity index (χ4n) is 5.99. The Balaban J connectivity index is 1.49. The lowest BCUT2D eigenvalue weighted by Crippen LogP contribution is -2.45. The molecule has 0 N–H and O–H groups in total. The number of hydrogen-bond donors (Lipinski definition) is 0. The van der Waals surface area contributed by atoms with E-state index in [0.29, 0.717) is 17.2 Å². The highest BCUT2D eigenvalue weighted by molar-refractivity contribution is 5.99. The molecule has 1 saturated heterocycles. The zero-order valence-corrected chi connectivity index (χ0v) is 22.9. The van der Waals surface area contributed by atoms with Crippen LogP contribution in [0.2, 0.25) is 0 Å². The second kappa shape index (κ2) is 9.65. The molecule has 0 aliphatic carbocycles. The molecule has 4 aromatic rings. The summed E-state index contributed by atoms with van der Waals surface area (Å²) in [4.78, 5) is 14.3. The largest absolute Gasteiger partial charge is 0.484 e. The van der Waals surface area contributed by atoms with Gasteiger partial charge in [-0.05, 0) is 82.6 Å². The minimum atomic E-state index is -0.555. The molecule has 1 fully saturated rings. The number of nitriles is 1. The van der Waals surface area contributed by atoms with Gasteiger partial charge in [-0.15, -0.1) is 0 Å². The third kappa shape index (κ3) is 4.72. The number of likely N-dealkylation sites (N-methyl/N-ethyl adjacent to an activating group) is 1. The van der Waals surface area contributed by atoms with Crippen molar-refractivity contribution in [2.24, 2.45) is 5.92 Å². The van der Waals surface area contributed by atoms with Crippen LogP contribution in [0.5, 0.6) is 5.75 Å². The summed E-state index contributed by atoms with van der Waals surface area (Å²) in [6, 6.07) is 12.7. The van der Waals surface area contributed by atoms with Crippen molar-refractivity contribution in [3.05, 3.63) is 60.3 Å². The second-order valence-electron chi connectivity index (χ2n) is 11.6. The molecule has 2 aliphatic rings. The molecule has 2 aromatic heterocycles. The van der Waals surface area contributed by atoms with Gasteiger partial charge in [0.05, 0.1) is 41.5 Å². The number of ether oxygens (including phenoxy) is 1. The van der Waals surface area contributed by atoms with Crippen molar-refractivity contribution in [1.29, 1.82) is 5.26 Å². The number of anilines is 1. The molecule has 39 heavy (non-hydrogen) atoms. The van der Waals surface area contributed by atoms with Crippen molar-refractivity contribution in [2.45, 2.75) is 38.8 Å². The third-order valence-electron chi connectivity index (χ3n) is 7.99. The van der Waals surface area contributed by atoms with Gasteiger partial charge in [0.2, 0.25) is 0 Å². The van der Waals surface area contributed by atoms with E-state index in [0.717, 1.165) is 72.6 Å². The highest BCUT2D eigenvalue weighted by Gasteiger charge is 2.30. The van der Waals surface area contributed by atoms with Crippen LogP contribution in [0.4, 0.5) is 10.1 Å². The average molecular weight is 525 g/mol. The average Bonchev–Trinajstić information content (AvgIpc) is 3.31. The van der Waals surface area contributed by atoms with Gasteiger partial charge in [-0.2, -0.15) is 5.26 Å². The van der Waals surface area contributed by atoms with Crippen molar-refractivity contribution in [3.8, 4) is 34.2 Å².